The number of hydrogen-bond acceptors (Lipinski definition) is 4. The first-order chi connectivity index (χ1) is 13.0. The van der Waals surface area contributed by atoms with Gasteiger partial charge in [-0.25, -0.2) is 9.79 Å². The molecule has 2 N–H and O–H groups in total. The highest BCUT2D eigenvalue weighted by Gasteiger charge is 2.22. The highest BCUT2D eigenvalue weighted by molar-refractivity contribution is 5.79. The lowest BCUT2D eigenvalue weighted by molar-refractivity contribution is 0.0486. The van der Waals surface area contributed by atoms with Crippen LogP contribution in [0.1, 0.15) is 53.5 Å². The zero-order chi connectivity index (χ0) is 21.3. The van der Waals surface area contributed by atoms with Gasteiger partial charge in [-0.2, -0.15) is 5.10 Å². The molecule has 8 heteroatoms. The van der Waals surface area contributed by atoms with Crippen molar-refractivity contribution in [2.24, 2.45) is 18.0 Å². The molecule has 0 aliphatic rings. The summed E-state index contributed by atoms with van der Waals surface area (Å²) in [4.78, 5) is 18.9. The van der Waals surface area contributed by atoms with E-state index in [9.17, 15) is 4.79 Å². The molecule has 8 nitrogen and oxygen atoms in total. The molecule has 0 aromatic carbocycles. The Bertz CT molecular complexity index is 633. The number of nitrogens with zero attached hydrogens (tertiary/aromatic N) is 4. The van der Waals surface area contributed by atoms with Gasteiger partial charge in [0.15, 0.2) is 5.96 Å². The third kappa shape index (κ3) is 9.10. The normalized spacial score (nSPS) is 13.4. The molecule has 1 atom stereocenters. The van der Waals surface area contributed by atoms with Crippen LogP contribution in [0.2, 0.25) is 0 Å². The third-order valence-electron chi connectivity index (χ3n) is 4.15. The van der Waals surface area contributed by atoms with E-state index in [0.717, 1.165) is 31.0 Å². The van der Waals surface area contributed by atoms with Crippen LogP contribution < -0.4 is 10.6 Å². The lowest BCUT2D eigenvalue weighted by atomic mass is 10.0. The highest BCUT2D eigenvalue weighted by Crippen LogP contribution is 2.11. The SMILES string of the molecule is CCNC(=NCc1cnn(C)c1)N(C)CCC(NC(=O)OC(C)(C)C)C(C)C. The van der Waals surface area contributed by atoms with E-state index in [-0.39, 0.29) is 12.1 Å². The van der Waals surface area contributed by atoms with Gasteiger partial charge < -0.3 is 20.3 Å². The van der Waals surface area contributed by atoms with E-state index in [1.807, 2.05) is 47.3 Å². The molecule has 0 fully saturated rings. The van der Waals surface area contributed by atoms with Gasteiger partial charge in [-0.3, -0.25) is 4.68 Å². The molecule has 1 aromatic rings. The maximum absolute atomic E-state index is 12.1. The Morgan fingerprint density at radius 2 is 2.07 bits per heavy atom. The Labute approximate surface area is 169 Å². The van der Waals surface area contributed by atoms with Crippen molar-refractivity contribution in [1.82, 2.24) is 25.3 Å². The van der Waals surface area contributed by atoms with Crippen molar-refractivity contribution < 1.29 is 9.53 Å². The number of alkyl carbamates (subject to hydrolysis) is 1. The summed E-state index contributed by atoms with van der Waals surface area (Å²) in [6.45, 7) is 14.0. The van der Waals surface area contributed by atoms with Gasteiger partial charge in [0, 0.05) is 45.0 Å². The van der Waals surface area contributed by atoms with Crippen LogP contribution in [0.15, 0.2) is 17.4 Å². The maximum atomic E-state index is 12.1. The number of hydrogen-bond donors (Lipinski definition) is 2. The molecule has 160 valence electrons. The number of rotatable bonds is 8. The first-order valence-corrected chi connectivity index (χ1v) is 9.98. The van der Waals surface area contributed by atoms with Crippen LogP contribution in [0.4, 0.5) is 4.79 Å². The zero-order valence-electron chi connectivity index (χ0n) is 18.7. The van der Waals surface area contributed by atoms with E-state index < -0.39 is 5.60 Å². The molecule has 1 aromatic heterocycles. The van der Waals surface area contributed by atoms with E-state index in [4.69, 9.17) is 9.73 Å². The Kier molecular flexibility index (Phi) is 9.28. The van der Waals surface area contributed by atoms with Gasteiger partial charge in [-0.15, -0.1) is 0 Å². The van der Waals surface area contributed by atoms with Crippen LogP contribution in [0.3, 0.4) is 0 Å². The van der Waals surface area contributed by atoms with Crippen LogP contribution in [0.25, 0.3) is 0 Å². The molecule has 1 heterocycles. The smallest absolute Gasteiger partial charge is 0.407 e. The number of nitrogens with one attached hydrogen (secondary N) is 2. The van der Waals surface area contributed by atoms with Gasteiger partial charge in [0.2, 0.25) is 0 Å². The lowest BCUT2D eigenvalue weighted by Gasteiger charge is -2.28. The topological polar surface area (TPSA) is 83.8 Å². The summed E-state index contributed by atoms with van der Waals surface area (Å²) in [5.41, 5.74) is 0.567. The molecule has 0 saturated heterocycles. The molecule has 1 unspecified atom stereocenters. The van der Waals surface area contributed by atoms with E-state index in [1.54, 1.807) is 4.68 Å². The van der Waals surface area contributed by atoms with Crippen molar-refractivity contribution in [2.75, 3.05) is 20.1 Å². The van der Waals surface area contributed by atoms with E-state index in [0.29, 0.717) is 12.5 Å². The van der Waals surface area contributed by atoms with E-state index >= 15 is 0 Å². The molecule has 0 spiro atoms. The largest absolute Gasteiger partial charge is 0.444 e. The van der Waals surface area contributed by atoms with Gasteiger partial charge >= 0.3 is 6.09 Å². The summed E-state index contributed by atoms with van der Waals surface area (Å²) in [7, 11) is 3.91. The van der Waals surface area contributed by atoms with Gasteiger partial charge in [0.05, 0.1) is 12.7 Å². The standard InChI is InChI=1S/C20H38N6O2/c1-9-21-18(22-12-16-13-23-26(8)14-16)25(7)11-10-17(15(2)3)24-19(27)28-20(4,5)6/h13-15,17H,9-12H2,1-8H3,(H,21,22)(H,24,27). The van der Waals surface area contributed by atoms with Crippen LogP contribution in [0.5, 0.6) is 0 Å². The minimum Gasteiger partial charge on any atom is -0.444 e. The Morgan fingerprint density at radius 1 is 1.39 bits per heavy atom. The summed E-state index contributed by atoms with van der Waals surface area (Å²) in [5, 5.41) is 10.5. The van der Waals surface area contributed by atoms with Crippen LogP contribution in [0, 0.1) is 5.92 Å². The molecule has 1 amide bonds. The predicted molar refractivity (Wildman–Crippen MR) is 113 cm³/mol. The van der Waals surface area contributed by atoms with Crippen molar-refractivity contribution in [3.63, 3.8) is 0 Å². The minimum atomic E-state index is -0.500. The van der Waals surface area contributed by atoms with E-state index in [2.05, 4.69) is 41.4 Å². The average Bonchev–Trinajstić information content (AvgIpc) is 2.98. The number of guanidine groups is 1. The lowest BCUT2D eigenvalue weighted by Crippen LogP contribution is -2.45. The molecular weight excluding hydrogens is 356 g/mol. The van der Waals surface area contributed by atoms with Crippen molar-refractivity contribution in [2.45, 2.75) is 66.2 Å². The van der Waals surface area contributed by atoms with Gasteiger partial charge in [-0.05, 0) is 40.0 Å². The quantitative estimate of drug-likeness (QED) is 0.523. The Hall–Kier alpha value is -2.25. The van der Waals surface area contributed by atoms with Crippen molar-refractivity contribution in [3.8, 4) is 0 Å². The summed E-state index contributed by atoms with van der Waals surface area (Å²) in [5.74, 6) is 1.14. The number of amides is 1. The molecule has 0 aliphatic heterocycles. The monoisotopic (exact) mass is 394 g/mol. The second kappa shape index (κ2) is 10.9. The number of aryl methyl sites for hydroxylation is 1. The number of carbonyl (C=O) groups is 1. The third-order valence-corrected chi connectivity index (χ3v) is 4.15. The molecule has 1 rings (SSSR count). The maximum Gasteiger partial charge on any atom is 0.407 e. The van der Waals surface area contributed by atoms with Gasteiger partial charge in [0.25, 0.3) is 0 Å². The molecule has 0 radical (unpaired) electrons. The van der Waals surface area contributed by atoms with Gasteiger partial charge in [0.1, 0.15) is 5.60 Å². The summed E-state index contributed by atoms with van der Waals surface area (Å²) in [6.07, 6.45) is 4.22. The molecule has 0 aliphatic carbocycles. The fourth-order valence-electron chi connectivity index (χ4n) is 2.66. The van der Waals surface area contributed by atoms with Crippen LogP contribution in [-0.2, 0) is 18.3 Å². The highest BCUT2D eigenvalue weighted by atomic mass is 16.6. The number of aromatic nitrogens is 2. The average molecular weight is 395 g/mol. The first-order valence-electron chi connectivity index (χ1n) is 9.98. The fourth-order valence-corrected chi connectivity index (χ4v) is 2.66. The molecule has 28 heavy (non-hydrogen) atoms. The number of aliphatic imine (C=N–C) groups is 1. The van der Waals surface area contributed by atoms with Crippen molar-refractivity contribution in [3.05, 3.63) is 18.0 Å². The van der Waals surface area contributed by atoms with Gasteiger partial charge in [-0.1, -0.05) is 13.8 Å². The van der Waals surface area contributed by atoms with Crippen molar-refractivity contribution >= 4 is 12.1 Å². The predicted octanol–water partition coefficient (Wildman–Crippen LogP) is 2.76. The molecule has 0 bridgehead atoms. The number of ether oxygens (including phenoxy) is 1. The Balaban J connectivity index is 2.66. The van der Waals surface area contributed by atoms with Crippen LogP contribution >= 0.6 is 0 Å². The summed E-state index contributed by atoms with van der Waals surface area (Å²) < 4.78 is 7.17. The molecule has 0 saturated carbocycles. The van der Waals surface area contributed by atoms with Crippen LogP contribution in [-0.4, -0.2) is 58.5 Å². The second-order valence-electron chi connectivity index (χ2n) is 8.40. The minimum absolute atomic E-state index is 0.0264. The van der Waals surface area contributed by atoms with E-state index in [1.165, 1.54) is 0 Å². The number of carbonyl (C=O) groups excluding carboxylic acids is 1. The first kappa shape index (κ1) is 23.8. The second-order valence-corrected chi connectivity index (χ2v) is 8.40. The molecular formula is C20H38N6O2. The van der Waals surface area contributed by atoms with Crippen molar-refractivity contribution in [1.29, 1.82) is 0 Å². The Morgan fingerprint density at radius 3 is 2.57 bits per heavy atom. The zero-order valence-corrected chi connectivity index (χ0v) is 18.7. The summed E-state index contributed by atoms with van der Waals surface area (Å²) in [6, 6.07) is 0.0264. The summed E-state index contributed by atoms with van der Waals surface area (Å²) >= 11 is 0. The fraction of sp³-hybridized carbons (Fsp3) is 0.750.